The van der Waals surface area contributed by atoms with Crippen molar-refractivity contribution in [1.82, 2.24) is 4.31 Å². The molecule has 2 rings (SSSR count). The summed E-state index contributed by atoms with van der Waals surface area (Å²) in [5, 5.41) is 0. The smallest absolute Gasteiger partial charge is 0.243 e. The fourth-order valence-corrected chi connectivity index (χ4v) is 3.42. The highest BCUT2D eigenvalue weighted by atomic mass is 32.2. The summed E-state index contributed by atoms with van der Waals surface area (Å²) in [5.74, 6) is -0.724. The van der Waals surface area contributed by atoms with Gasteiger partial charge in [0, 0.05) is 20.2 Å². The lowest BCUT2D eigenvalue weighted by Crippen LogP contribution is -2.30. The first kappa shape index (κ1) is 13.3. The van der Waals surface area contributed by atoms with E-state index in [4.69, 9.17) is 10.5 Å². The average Bonchev–Trinajstić information content (AvgIpc) is 2.81. The van der Waals surface area contributed by atoms with Crippen LogP contribution in [0.1, 0.15) is 6.42 Å². The van der Waals surface area contributed by atoms with Crippen LogP contribution in [0.4, 0.5) is 10.1 Å². The Morgan fingerprint density at radius 1 is 1.50 bits per heavy atom. The monoisotopic (exact) mass is 274 g/mol. The molecule has 1 aromatic rings. The number of nitrogens with two attached hydrogens (primary N) is 1. The van der Waals surface area contributed by atoms with Crippen molar-refractivity contribution >= 4 is 15.7 Å². The molecule has 1 saturated heterocycles. The van der Waals surface area contributed by atoms with E-state index in [1.54, 1.807) is 7.11 Å². The minimum Gasteiger partial charge on any atom is -0.396 e. The number of methoxy groups -OCH3 is 1. The number of halogens is 1. The normalized spacial score (nSPS) is 21.3. The van der Waals surface area contributed by atoms with Crippen LogP contribution in [-0.2, 0) is 14.8 Å². The van der Waals surface area contributed by atoms with Crippen LogP contribution in [0.5, 0.6) is 0 Å². The molecule has 0 radical (unpaired) electrons. The van der Waals surface area contributed by atoms with Gasteiger partial charge in [-0.05, 0) is 24.6 Å². The molecule has 0 bridgehead atoms. The average molecular weight is 274 g/mol. The largest absolute Gasteiger partial charge is 0.396 e. The maximum atomic E-state index is 13.3. The summed E-state index contributed by atoms with van der Waals surface area (Å²) in [6, 6.07) is 3.52. The van der Waals surface area contributed by atoms with Gasteiger partial charge in [0.25, 0.3) is 0 Å². The Labute approximate surface area is 105 Å². The van der Waals surface area contributed by atoms with Gasteiger partial charge in [0.1, 0.15) is 5.82 Å². The molecule has 0 aliphatic carbocycles. The van der Waals surface area contributed by atoms with Crippen molar-refractivity contribution in [2.45, 2.75) is 17.4 Å². The molecule has 0 spiro atoms. The van der Waals surface area contributed by atoms with E-state index in [2.05, 4.69) is 0 Å². The van der Waals surface area contributed by atoms with Crippen LogP contribution < -0.4 is 5.73 Å². The molecule has 1 atom stereocenters. The summed E-state index contributed by atoms with van der Waals surface area (Å²) in [4.78, 5) is -0.0778. The van der Waals surface area contributed by atoms with Crippen LogP contribution in [0.25, 0.3) is 0 Å². The van der Waals surface area contributed by atoms with Gasteiger partial charge >= 0.3 is 0 Å². The van der Waals surface area contributed by atoms with Gasteiger partial charge in [-0.3, -0.25) is 0 Å². The van der Waals surface area contributed by atoms with Crippen LogP contribution >= 0.6 is 0 Å². The van der Waals surface area contributed by atoms with E-state index in [-0.39, 0.29) is 16.7 Å². The van der Waals surface area contributed by atoms with Crippen molar-refractivity contribution in [3.05, 3.63) is 24.0 Å². The summed E-state index contributed by atoms with van der Waals surface area (Å²) >= 11 is 0. The van der Waals surface area contributed by atoms with Crippen LogP contribution in [0, 0.1) is 5.82 Å². The van der Waals surface area contributed by atoms with Crippen molar-refractivity contribution in [1.29, 1.82) is 0 Å². The highest BCUT2D eigenvalue weighted by Gasteiger charge is 2.32. The SMILES string of the molecule is COC1CCN(S(=O)(=O)c2ccc(N)c(F)c2)C1. The highest BCUT2D eigenvalue weighted by Crippen LogP contribution is 2.24. The molecule has 0 aromatic heterocycles. The lowest BCUT2D eigenvalue weighted by atomic mass is 10.3. The Kier molecular flexibility index (Phi) is 3.56. The van der Waals surface area contributed by atoms with Gasteiger partial charge in [-0.2, -0.15) is 4.31 Å². The van der Waals surface area contributed by atoms with Crippen molar-refractivity contribution in [2.75, 3.05) is 25.9 Å². The molecule has 1 aliphatic rings. The summed E-state index contributed by atoms with van der Waals surface area (Å²) < 4.78 is 44.2. The first-order valence-electron chi connectivity index (χ1n) is 5.53. The van der Waals surface area contributed by atoms with Crippen molar-refractivity contribution < 1.29 is 17.5 Å². The molecule has 1 aromatic carbocycles. The second-order valence-corrected chi connectivity index (χ2v) is 6.13. The number of benzene rings is 1. The lowest BCUT2D eigenvalue weighted by Gasteiger charge is -2.16. The number of rotatable bonds is 3. The first-order chi connectivity index (χ1) is 8.45. The van der Waals surface area contributed by atoms with Gasteiger partial charge in [0.2, 0.25) is 10.0 Å². The van der Waals surface area contributed by atoms with Gasteiger partial charge in [0.05, 0.1) is 16.7 Å². The predicted molar refractivity (Wildman–Crippen MR) is 65.0 cm³/mol. The van der Waals surface area contributed by atoms with Gasteiger partial charge in [-0.15, -0.1) is 0 Å². The predicted octanol–water partition coefficient (Wildman–Crippen LogP) is 0.817. The second-order valence-electron chi connectivity index (χ2n) is 4.19. The Hall–Kier alpha value is -1.18. The number of hydrogen-bond acceptors (Lipinski definition) is 4. The standard InChI is InChI=1S/C11H15FN2O3S/c1-17-8-4-5-14(7-8)18(15,16)9-2-3-11(13)10(12)6-9/h2-3,6,8H,4-5,7,13H2,1H3. The number of hydrogen-bond donors (Lipinski definition) is 1. The van der Waals surface area contributed by atoms with Gasteiger partial charge in [0.15, 0.2) is 0 Å². The molecule has 1 fully saturated rings. The third kappa shape index (κ3) is 2.33. The van der Waals surface area contributed by atoms with E-state index in [1.165, 1.54) is 16.4 Å². The van der Waals surface area contributed by atoms with Gasteiger partial charge in [-0.1, -0.05) is 0 Å². The quantitative estimate of drug-likeness (QED) is 0.828. The number of ether oxygens (including phenoxy) is 1. The van der Waals surface area contributed by atoms with Crippen molar-refractivity contribution in [3.63, 3.8) is 0 Å². The van der Waals surface area contributed by atoms with E-state index in [1.807, 2.05) is 0 Å². The number of sulfonamides is 1. The Morgan fingerprint density at radius 2 is 2.22 bits per heavy atom. The molecular formula is C11H15FN2O3S. The third-order valence-electron chi connectivity index (χ3n) is 3.05. The molecule has 1 heterocycles. The molecule has 2 N–H and O–H groups in total. The van der Waals surface area contributed by atoms with Crippen LogP contribution in [-0.4, -0.2) is 39.0 Å². The molecule has 1 aliphatic heterocycles. The van der Waals surface area contributed by atoms with Crippen LogP contribution in [0.15, 0.2) is 23.1 Å². The Bertz CT molecular complexity index is 547. The molecule has 18 heavy (non-hydrogen) atoms. The summed E-state index contributed by atoms with van der Waals surface area (Å²) in [6.07, 6.45) is 0.547. The number of anilines is 1. The molecular weight excluding hydrogens is 259 g/mol. The molecule has 0 saturated carbocycles. The topological polar surface area (TPSA) is 72.6 Å². The summed E-state index contributed by atoms with van der Waals surface area (Å²) in [6.45, 7) is 0.678. The lowest BCUT2D eigenvalue weighted by molar-refractivity contribution is 0.115. The Morgan fingerprint density at radius 3 is 2.78 bits per heavy atom. The second kappa shape index (κ2) is 4.83. The zero-order valence-corrected chi connectivity index (χ0v) is 10.8. The fourth-order valence-electron chi connectivity index (χ4n) is 1.93. The maximum absolute atomic E-state index is 13.3. The Balaban J connectivity index is 2.28. The minimum absolute atomic E-state index is 0.0647. The third-order valence-corrected chi connectivity index (χ3v) is 4.91. The molecule has 0 amide bonds. The summed E-state index contributed by atoms with van der Waals surface area (Å²) in [5.41, 5.74) is 5.26. The molecule has 100 valence electrons. The summed E-state index contributed by atoms with van der Waals surface area (Å²) in [7, 11) is -2.12. The van der Waals surface area contributed by atoms with Gasteiger partial charge < -0.3 is 10.5 Å². The van der Waals surface area contributed by atoms with Crippen molar-refractivity contribution in [3.8, 4) is 0 Å². The van der Waals surface area contributed by atoms with Crippen molar-refractivity contribution in [2.24, 2.45) is 0 Å². The number of nitrogen functional groups attached to an aromatic ring is 1. The zero-order valence-electron chi connectivity index (χ0n) is 9.97. The van der Waals surface area contributed by atoms with Gasteiger partial charge in [-0.25, -0.2) is 12.8 Å². The first-order valence-corrected chi connectivity index (χ1v) is 6.97. The van der Waals surface area contributed by atoms with Crippen LogP contribution in [0.3, 0.4) is 0 Å². The van der Waals surface area contributed by atoms with E-state index < -0.39 is 15.8 Å². The zero-order chi connectivity index (χ0) is 13.3. The van der Waals surface area contributed by atoms with Crippen LogP contribution in [0.2, 0.25) is 0 Å². The fraction of sp³-hybridized carbons (Fsp3) is 0.455. The number of nitrogens with zero attached hydrogens (tertiary/aromatic N) is 1. The maximum Gasteiger partial charge on any atom is 0.243 e. The molecule has 1 unspecified atom stereocenters. The highest BCUT2D eigenvalue weighted by molar-refractivity contribution is 7.89. The minimum atomic E-state index is -3.66. The van der Waals surface area contributed by atoms with E-state index in [0.717, 1.165) is 6.07 Å². The molecule has 7 heteroatoms. The van der Waals surface area contributed by atoms with E-state index >= 15 is 0 Å². The van der Waals surface area contributed by atoms with E-state index in [9.17, 15) is 12.8 Å². The van der Waals surface area contributed by atoms with E-state index in [0.29, 0.717) is 19.5 Å². The molecule has 5 nitrogen and oxygen atoms in total.